The standard InChI is InChI=1S/C19H14N4S2/c1-2-6-15(7-3-1)25-16-8-4-5-14(13-16)22-19-21-10-9-17(23-19)18-20-11-12-24-18/h1-13H,(H,21,22,23). The van der Waals surface area contributed by atoms with Crippen molar-refractivity contribution in [1.29, 1.82) is 0 Å². The van der Waals surface area contributed by atoms with Gasteiger partial charge in [0.05, 0.1) is 0 Å². The van der Waals surface area contributed by atoms with Gasteiger partial charge in [-0.3, -0.25) is 0 Å². The summed E-state index contributed by atoms with van der Waals surface area (Å²) in [4.78, 5) is 15.5. The van der Waals surface area contributed by atoms with Gasteiger partial charge in [-0.25, -0.2) is 15.0 Å². The molecule has 2 heterocycles. The molecule has 0 saturated carbocycles. The minimum Gasteiger partial charge on any atom is -0.324 e. The molecule has 6 heteroatoms. The molecule has 0 saturated heterocycles. The van der Waals surface area contributed by atoms with Gasteiger partial charge in [-0.15, -0.1) is 11.3 Å². The maximum Gasteiger partial charge on any atom is 0.227 e. The highest BCUT2D eigenvalue weighted by Crippen LogP contribution is 2.29. The van der Waals surface area contributed by atoms with Crippen molar-refractivity contribution in [3.05, 3.63) is 78.4 Å². The number of nitrogens with one attached hydrogen (secondary N) is 1. The summed E-state index contributed by atoms with van der Waals surface area (Å²) in [5.74, 6) is 0.564. The molecule has 0 fully saturated rings. The summed E-state index contributed by atoms with van der Waals surface area (Å²) in [6.07, 6.45) is 3.52. The van der Waals surface area contributed by atoms with E-state index in [-0.39, 0.29) is 0 Å². The highest BCUT2D eigenvalue weighted by atomic mass is 32.2. The normalized spacial score (nSPS) is 10.6. The Morgan fingerprint density at radius 2 is 1.72 bits per heavy atom. The molecule has 4 aromatic rings. The lowest BCUT2D eigenvalue weighted by Gasteiger charge is -2.08. The molecular weight excluding hydrogens is 348 g/mol. The van der Waals surface area contributed by atoms with E-state index in [0.717, 1.165) is 21.3 Å². The van der Waals surface area contributed by atoms with Crippen molar-refractivity contribution in [1.82, 2.24) is 15.0 Å². The molecule has 0 aliphatic heterocycles. The van der Waals surface area contributed by atoms with Gasteiger partial charge in [0.25, 0.3) is 0 Å². The van der Waals surface area contributed by atoms with E-state index in [9.17, 15) is 0 Å². The van der Waals surface area contributed by atoms with Crippen LogP contribution in [0.2, 0.25) is 0 Å². The second kappa shape index (κ2) is 7.46. The fourth-order valence-corrected chi connectivity index (χ4v) is 3.78. The number of aromatic nitrogens is 3. The largest absolute Gasteiger partial charge is 0.324 e. The highest BCUT2D eigenvalue weighted by molar-refractivity contribution is 7.99. The third-order valence-corrected chi connectivity index (χ3v) is 5.17. The SMILES string of the molecule is c1ccc(Sc2cccc(Nc3nccc(-c4nccs4)n3)c2)cc1. The summed E-state index contributed by atoms with van der Waals surface area (Å²) in [6, 6.07) is 20.4. The fraction of sp³-hybridized carbons (Fsp3) is 0. The van der Waals surface area contributed by atoms with Crippen LogP contribution in [0.5, 0.6) is 0 Å². The van der Waals surface area contributed by atoms with Gasteiger partial charge < -0.3 is 5.32 Å². The van der Waals surface area contributed by atoms with E-state index in [1.165, 1.54) is 4.90 Å². The average molecular weight is 362 g/mol. The van der Waals surface area contributed by atoms with Crippen LogP contribution in [0.3, 0.4) is 0 Å². The second-order valence-electron chi connectivity index (χ2n) is 5.17. The van der Waals surface area contributed by atoms with E-state index >= 15 is 0 Å². The van der Waals surface area contributed by atoms with E-state index in [1.807, 2.05) is 41.8 Å². The summed E-state index contributed by atoms with van der Waals surface area (Å²) >= 11 is 3.29. The molecule has 0 aliphatic rings. The number of nitrogens with zero attached hydrogens (tertiary/aromatic N) is 3. The first kappa shape index (κ1) is 15.8. The Labute approximate surface area is 154 Å². The maximum atomic E-state index is 4.54. The maximum absolute atomic E-state index is 4.54. The van der Waals surface area contributed by atoms with Crippen LogP contribution in [-0.2, 0) is 0 Å². The Balaban J connectivity index is 1.53. The van der Waals surface area contributed by atoms with Crippen LogP contribution in [0.25, 0.3) is 10.7 Å². The number of rotatable bonds is 5. The van der Waals surface area contributed by atoms with Crippen LogP contribution < -0.4 is 5.32 Å². The van der Waals surface area contributed by atoms with Crippen molar-refractivity contribution in [3.63, 3.8) is 0 Å². The van der Waals surface area contributed by atoms with Gasteiger partial charge in [-0.2, -0.15) is 0 Å². The third-order valence-electron chi connectivity index (χ3n) is 3.38. The van der Waals surface area contributed by atoms with Crippen molar-refractivity contribution in [3.8, 4) is 10.7 Å². The zero-order chi connectivity index (χ0) is 16.9. The fourth-order valence-electron chi connectivity index (χ4n) is 2.28. The number of anilines is 2. The first-order valence-corrected chi connectivity index (χ1v) is 9.39. The van der Waals surface area contributed by atoms with Crippen LogP contribution in [0.4, 0.5) is 11.6 Å². The summed E-state index contributed by atoms with van der Waals surface area (Å²) in [7, 11) is 0. The molecule has 122 valence electrons. The number of hydrogen-bond acceptors (Lipinski definition) is 6. The molecule has 0 amide bonds. The minimum atomic E-state index is 0.564. The van der Waals surface area contributed by atoms with E-state index < -0.39 is 0 Å². The zero-order valence-electron chi connectivity index (χ0n) is 13.2. The zero-order valence-corrected chi connectivity index (χ0v) is 14.8. The number of benzene rings is 2. The molecule has 0 unspecified atom stereocenters. The monoisotopic (exact) mass is 362 g/mol. The van der Waals surface area contributed by atoms with E-state index in [1.54, 1.807) is 35.5 Å². The first-order valence-electron chi connectivity index (χ1n) is 7.70. The molecule has 4 nitrogen and oxygen atoms in total. The van der Waals surface area contributed by atoms with Crippen molar-refractivity contribution < 1.29 is 0 Å². The summed E-state index contributed by atoms with van der Waals surface area (Å²) in [5.41, 5.74) is 1.78. The van der Waals surface area contributed by atoms with Crippen molar-refractivity contribution >= 4 is 34.7 Å². The smallest absolute Gasteiger partial charge is 0.227 e. The van der Waals surface area contributed by atoms with Gasteiger partial charge in [0.2, 0.25) is 5.95 Å². The molecule has 0 spiro atoms. The molecular formula is C19H14N4S2. The molecule has 2 aromatic heterocycles. The van der Waals surface area contributed by atoms with Crippen molar-refractivity contribution in [2.75, 3.05) is 5.32 Å². The van der Waals surface area contributed by atoms with E-state index in [0.29, 0.717) is 5.95 Å². The Kier molecular flexibility index (Phi) is 4.72. The minimum absolute atomic E-state index is 0.564. The molecule has 1 N–H and O–H groups in total. The van der Waals surface area contributed by atoms with Gasteiger partial charge >= 0.3 is 0 Å². The van der Waals surface area contributed by atoms with Gasteiger partial charge in [-0.1, -0.05) is 36.0 Å². The Morgan fingerprint density at radius 3 is 2.56 bits per heavy atom. The quantitative estimate of drug-likeness (QED) is 0.508. The Bertz CT molecular complexity index is 956. The molecule has 0 aliphatic carbocycles. The van der Waals surface area contributed by atoms with Crippen LogP contribution in [-0.4, -0.2) is 15.0 Å². The average Bonchev–Trinajstić information content (AvgIpc) is 3.18. The lowest BCUT2D eigenvalue weighted by atomic mass is 10.3. The molecule has 2 aromatic carbocycles. The van der Waals surface area contributed by atoms with Gasteiger partial charge in [0, 0.05) is 33.3 Å². The predicted octanol–water partition coefficient (Wildman–Crippen LogP) is 5.49. The van der Waals surface area contributed by atoms with Gasteiger partial charge in [0.1, 0.15) is 10.7 Å². The summed E-state index contributed by atoms with van der Waals surface area (Å²) < 4.78 is 0. The molecule has 0 radical (unpaired) electrons. The van der Waals surface area contributed by atoms with Crippen LogP contribution in [0, 0.1) is 0 Å². The summed E-state index contributed by atoms with van der Waals surface area (Å²) in [5, 5.41) is 6.10. The lowest BCUT2D eigenvalue weighted by Crippen LogP contribution is -1.97. The third kappa shape index (κ3) is 4.04. The Morgan fingerprint density at radius 1 is 0.840 bits per heavy atom. The number of thiazole rings is 1. The highest BCUT2D eigenvalue weighted by Gasteiger charge is 2.05. The van der Waals surface area contributed by atoms with Gasteiger partial charge in [0.15, 0.2) is 0 Å². The van der Waals surface area contributed by atoms with Crippen LogP contribution >= 0.6 is 23.1 Å². The summed E-state index contributed by atoms with van der Waals surface area (Å²) in [6.45, 7) is 0. The van der Waals surface area contributed by atoms with Gasteiger partial charge in [-0.05, 0) is 36.4 Å². The van der Waals surface area contributed by atoms with E-state index in [2.05, 4.69) is 44.5 Å². The topological polar surface area (TPSA) is 50.7 Å². The predicted molar refractivity (Wildman–Crippen MR) is 103 cm³/mol. The lowest BCUT2D eigenvalue weighted by molar-refractivity contribution is 1.16. The van der Waals surface area contributed by atoms with Crippen LogP contribution in [0.15, 0.2) is 88.2 Å². The van der Waals surface area contributed by atoms with Crippen molar-refractivity contribution in [2.24, 2.45) is 0 Å². The first-order chi connectivity index (χ1) is 12.4. The molecule has 0 atom stereocenters. The molecule has 4 rings (SSSR count). The number of hydrogen-bond donors (Lipinski definition) is 1. The second-order valence-corrected chi connectivity index (χ2v) is 7.21. The van der Waals surface area contributed by atoms with Crippen molar-refractivity contribution in [2.45, 2.75) is 9.79 Å². The van der Waals surface area contributed by atoms with E-state index in [4.69, 9.17) is 0 Å². The Hall–Kier alpha value is -2.70. The molecule has 0 bridgehead atoms. The molecule has 25 heavy (non-hydrogen) atoms. The van der Waals surface area contributed by atoms with Crippen LogP contribution in [0.1, 0.15) is 0 Å².